The summed E-state index contributed by atoms with van der Waals surface area (Å²) in [5.74, 6) is 0.671. The molecule has 0 amide bonds. The summed E-state index contributed by atoms with van der Waals surface area (Å²) in [4.78, 5) is 0. The van der Waals surface area contributed by atoms with Crippen LogP contribution in [-0.4, -0.2) is 6.61 Å². The molecule has 1 aromatic rings. The fraction of sp³-hybridized carbons (Fsp3) is 0.111. The van der Waals surface area contributed by atoms with Crippen molar-refractivity contribution < 1.29 is 4.74 Å². The Morgan fingerprint density at radius 1 is 1.46 bits per heavy atom. The van der Waals surface area contributed by atoms with E-state index in [2.05, 4.69) is 0 Å². The molecule has 0 aliphatic heterocycles. The molecule has 0 aliphatic rings. The van der Waals surface area contributed by atoms with Gasteiger partial charge in [-0.3, -0.25) is 0 Å². The Hall–Kier alpha value is -0.370. The topological polar surface area (TPSA) is 9.23 Å². The lowest BCUT2D eigenvalue weighted by Gasteiger charge is -2.04. The van der Waals surface area contributed by atoms with Crippen molar-refractivity contribution in [2.24, 2.45) is 0 Å². The van der Waals surface area contributed by atoms with Crippen LogP contribution in [-0.2, 0) is 0 Å². The maximum atomic E-state index is 5.74. The molecular formula is C9H7Cl3O. The van der Waals surface area contributed by atoms with Crippen LogP contribution in [0.15, 0.2) is 34.8 Å². The molecule has 0 saturated carbocycles. The van der Waals surface area contributed by atoms with E-state index in [-0.39, 0.29) is 6.61 Å². The summed E-state index contributed by atoms with van der Waals surface area (Å²) < 4.78 is 5.27. The van der Waals surface area contributed by atoms with Gasteiger partial charge in [0.25, 0.3) is 0 Å². The predicted molar refractivity (Wildman–Crippen MR) is 56.7 cm³/mol. The van der Waals surface area contributed by atoms with Crippen molar-refractivity contribution in [3.05, 3.63) is 39.9 Å². The summed E-state index contributed by atoms with van der Waals surface area (Å²) in [5, 5.41) is 1.07. The van der Waals surface area contributed by atoms with E-state index in [4.69, 9.17) is 39.5 Å². The van der Waals surface area contributed by atoms with Gasteiger partial charge in [-0.1, -0.05) is 40.9 Å². The smallest absolute Gasteiger partial charge is 0.125 e. The summed E-state index contributed by atoms with van der Waals surface area (Å²) in [6.07, 6.45) is 0. The van der Waals surface area contributed by atoms with Gasteiger partial charge < -0.3 is 4.74 Å². The van der Waals surface area contributed by atoms with Crippen molar-refractivity contribution >= 4 is 34.8 Å². The average Bonchev–Trinajstić information content (AvgIpc) is 2.14. The molecule has 0 saturated heterocycles. The van der Waals surface area contributed by atoms with E-state index in [0.29, 0.717) is 15.8 Å². The van der Waals surface area contributed by atoms with Crippen molar-refractivity contribution in [1.29, 1.82) is 0 Å². The van der Waals surface area contributed by atoms with E-state index >= 15 is 0 Å². The number of ether oxygens (including phenoxy) is 1. The van der Waals surface area contributed by atoms with Gasteiger partial charge >= 0.3 is 0 Å². The van der Waals surface area contributed by atoms with E-state index < -0.39 is 0 Å². The Bertz CT molecular complexity index is 309. The Morgan fingerprint density at radius 2 is 2.23 bits per heavy atom. The van der Waals surface area contributed by atoms with Gasteiger partial charge in [0.2, 0.25) is 0 Å². The number of hydrogen-bond acceptors (Lipinski definition) is 1. The fourth-order valence-electron chi connectivity index (χ4n) is 0.741. The molecule has 0 aliphatic carbocycles. The first-order chi connectivity index (χ1) is 6.22. The molecule has 0 fully saturated rings. The summed E-state index contributed by atoms with van der Waals surface area (Å²) in [6, 6.07) is 7.08. The molecule has 0 aromatic heterocycles. The first kappa shape index (κ1) is 10.7. The lowest BCUT2D eigenvalue weighted by atomic mass is 10.3. The molecule has 13 heavy (non-hydrogen) atoms. The van der Waals surface area contributed by atoms with Gasteiger partial charge in [-0.15, -0.1) is 0 Å². The van der Waals surface area contributed by atoms with E-state index in [1.54, 1.807) is 24.3 Å². The Morgan fingerprint density at radius 3 is 2.85 bits per heavy atom. The van der Waals surface area contributed by atoms with Gasteiger partial charge in [-0.25, -0.2) is 0 Å². The zero-order valence-electron chi connectivity index (χ0n) is 6.64. The second-order valence-corrected chi connectivity index (χ2v) is 3.44. The van der Waals surface area contributed by atoms with Crippen molar-refractivity contribution in [2.45, 2.75) is 0 Å². The highest BCUT2D eigenvalue weighted by Crippen LogP contribution is 2.18. The molecule has 1 rings (SSSR count). The van der Waals surface area contributed by atoms with Crippen molar-refractivity contribution in [2.75, 3.05) is 6.61 Å². The first-order valence-electron chi connectivity index (χ1n) is 3.55. The summed E-state index contributed by atoms with van der Waals surface area (Å²) in [5.41, 5.74) is 1.27. The van der Waals surface area contributed by atoms with E-state index in [9.17, 15) is 0 Å². The van der Waals surface area contributed by atoms with Crippen LogP contribution in [0.4, 0.5) is 0 Å². The van der Waals surface area contributed by atoms with Gasteiger partial charge in [0, 0.05) is 10.6 Å². The number of hydrogen-bond donors (Lipinski definition) is 0. The average molecular weight is 238 g/mol. The molecule has 0 spiro atoms. The molecular weight excluding hydrogens is 230 g/mol. The van der Waals surface area contributed by atoms with Gasteiger partial charge in [-0.2, -0.15) is 0 Å². The van der Waals surface area contributed by atoms with Crippen LogP contribution in [0.5, 0.6) is 5.75 Å². The zero-order chi connectivity index (χ0) is 9.68. The molecule has 0 bridgehead atoms. The van der Waals surface area contributed by atoms with Crippen LogP contribution in [0, 0.1) is 0 Å². The highest BCUT2D eigenvalue weighted by Gasteiger charge is 1.96. The molecule has 1 aromatic carbocycles. The Kier molecular flexibility index (Phi) is 4.43. The standard InChI is InChI=1S/C9H7Cl3O/c10-5-8(12)6-13-9-3-1-2-7(11)4-9/h1-5H,6H2. The van der Waals surface area contributed by atoms with Crippen LogP contribution in [0.1, 0.15) is 0 Å². The monoisotopic (exact) mass is 236 g/mol. The van der Waals surface area contributed by atoms with Crippen LogP contribution in [0.2, 0.25) is 5.02 Å². The molecule has 4 heteroatoms. The van der Waals surface area contributed by atoms with E-state index in [1.807, 2.05) is 0 Å². The largest absolute Gasteiger partial charge is 0.488 e. The number of halogens is 3. The lowest BCUT2D eigenvalue weighted by Crippen LogP contribution is -1.96. The van der Waals surface area contributed by atoms with Crippen LogP contribution in [0.25, 0.3) is 0 Å². The number of rotatable bonds is 3. The maximum absolute atomic E-state index is 5.74. The summed E-state index contributed by atoms with van der Waals surface area (Å²) in [7, 11) is 0. The minimum Gasteiger partial charge on any atom is -0.488 e. The highest BCUT2D eigenvalue weighted by molar-refractivity contribution is 6.36. The van der Waals surface area contributed by atoms with E-state index in [1.165, 1.54) is 5.54 Å². The van der Waals surface area contributed by atoms with Crippen molar-refractivity contribution in [3.8, 4) is 5.75 Å². The SMILES string of the molecule is ClC=C(Cl)COc1cccc(Cl)c1. The molecule has 0 N–H and O–H groups in total. The van der Waals surface area contributed by atoms with Crippen LogP contribution in [0.3, 0.4) is 0 Å². The third-order valence-corrected chi connectivity index (χ3v) is 2.12. The summed E-state index contributed by atoms with van der Waals surface area (Å²) >= 11 is 16.7. The normalized spacial score (nSPS) is 11.5. The Labute approximate surface area is 91.9 Å². The molecule has 0 radical (unpaired) electrons. The summed E-state index contributed by atoms with van der Waals surface area (Å²) in [6.45, 7) is 0.255. The van der Waals surface area contributed by atoms with E-state index in [0.717, 1.165) is 0 Å². The van der Waals surface area contributed by atoms with Crippen LogP contribution >= 0.6 is 34.8 Å². The first-order valence-corrected chi connectivity index (χ1v) is 4.74. The third kappa shape index (κ3) is 3.90. The number of benzene rings is 1. The quantitative estimate of drug-likeness (QED) is 0.771. The van der Waals surface area contributed by atoms with Gasteiger partial charge in [-0.05, 0) is 18.2 Å². The molecule has 0 heterocycles. The predicted octanol–water partition coefficient (Wildman–Crippen LogP) is 4.04. The van der Waals surface area contributed by atoms with Crippen LogP contribution < -0.4 is 4.74 Å². The van der Waals surface area contributed by atoms with Crippen molar-refractivity contribution in [3.63, 3.8) is 0 Å². The minimum absolute atomic E-state index is 0.255. The lowest BCUT2D eigenvalue weighted by molar-refractivity contribution is 0.359. The maximum Gasteiger partial charge on any atom is 0.125 e. The molecule has 0 atom stereocenters. The molecule has 70 valence electrons. The Balaban J connectivity index is 2.55. The minimum atomic E-state index is 0.255. The second-order valence-electron chi connectivity index (χ2n) is 2.30. The second kappa shape index (κ2) is 5.38. The molecule has 1 nitrogen and oxygen atoms in total. The van der Waals surface area contributed by atoms with Gasteiger partial charge in [0.1, 0.15) is 12.4 Å². The van der Waals surface area contributed by atoms with Gasteiger partial charge in [0.05, 0.1) is 5.03 Å². The fourth-order valence-corrected chi connectivity index (χ4v) is 1.04. The van der Waals surface area contributed by atoms with Gasteiger partial charge in [0.15, 0.2) is 0 Å². The third-order valence-electron chi connectivity index (χ3n) is 1.29. The molecule has 0 unspecified atom stereocenters. The highest BCUT2D eigenvalue weighted by atomic mass is 35.5. The van der Waals surface area contributed by atoms with Crippen molar-refractivity contribution in [1.82, 2.24) is 0 Å². The zero-order valence-corrected chi connectivity index (χ0v) is 8.90.